The van der Waals surface area contributed by atoms with Crippen LogP contribution in [0.5, 0.6) is 11.8 Å². The summed E-state index contributed by atoms with van der Waals surface area (Å²) in [6, 6.07) is 2.20. The molecule has 1 rings (SSSR count). The lowest BCUT2D eigenvalue weighted by molar-refractivity contribution is -0.386. The van der Waals surface area contributed by atoms with E-state index >= 15 is 0 Å². The Hall–Kier alpha value is -1.99. The highest BCUT2D eigenvalue weighted by Crippen LogP contribution is 2.28. The summed E-state index contributed by atoms with van der Waals surface area (Å²) in [6.07, 6.45) is 0. The minimum absolute atomic E-state index is 0.0104. The van der Waals surface area contributed by atoms with Crippen molar-refractivity contribution in [2.24, 2.45) is 0 Å². The van der Waals surface area contributed by atoms with E-state index in [-0.39, 0.29) is 12.5 Å². The topological polar surface area (TPSA) is 74.5 Å². The number of alkyl halides is 2. The number of ether oxygens (including phenoxy) is 2. The molecule has 0 saturated heterocycles. The molecule has 88 valence electrons. The normalized spacial score (nSPS) is 10.2. The number of aromatic nitrogens is 1. The molecule has 6 nitrogen and oxygen atoms in total. The Kier molecular flexibility index (Phi) is 3.92. The summed E-state index contributed by atoms with van der Waals surface area (Å²) in [4.78, 5) is 13.1. The Labute approximate surface area is 89.0 Å². The monoisotopic (exact) mass is 234 g/mol. The first-order chi connectivity index (χ1) is 7.54. The average molecular weight is 234 g/mol. The van der Waals surface area contributed by atoms with Crippen LogP contribution >= 0.6 is 0 Å². The van der Waals surface area contributed by atoms with Crippen LogP contribution in [0.4, 0.5) is 14.5 Å². The Morgan fingerprint density at radius 1 is 1.56 bits per heavy atom. The van der Waals surface area contributed by atoms with Gasteiger partial charge in [0.25, 0.3) is 0 Å². The number of hydrogen-bond acceptors (Lipinski definition) is 5. The molecule has 8 heteroatoms. The lowest BCUT2D eigenvalue weighted by Gasteiger charge is -2.06. The van der Waals surface area contributed by atoms with Gasteiger partial charge in [-0.3, -0.25) is 10.1 Å². The molecule has 16 heavy (non-hydrogen) atoms. The molecule has 0 saturated carbocycles. The first kappa shape index (κ1) is 12.1. The van der Waals surface area contributed by atoms with Crippen molar-refractivity contribution in [3.8, 4) is 11.8 Å². The van der Waals surface area contributed by atoms with Gasteiger partial charge in [-0.25, -0.2) is 0 Å². The highest BCUT2D eigenvalue weighted by molar-refractivity contribution is 5.42. The second-order valence-electron chi connectivity index (χ2n) is 2.54. The molecule has 0 bridgehead atoms. The highest BCUT2D eigenvalue weighted by Gasteiger charge is 2.21. The Morgan fingerprint density at radius 2 is 2.25 bits per heavy atom. The summed E-state index contributed by atoms with van der Waals surface area (Å²) in [5.41, 5.74) is -0.635. The van der Waals surface area contributed by atoms with Gasteiger partial charge in [0.1, 0.15) is 0 Å². The number of halogens is 2. The standard InChI is InChI=1S/C8H8F2N2O4/c1-2-15-6-4-3-5(12(13)14)7(11-6)16-8(9)10/h3-4,8H,2H2,1H3. The molecule has 0 N–H and O–H groups in total. The molecular formula is C8H8F2N2O4. The summed E-state index contributed by atoms with van der Waals surface area (Å²) >= 11 is 0. The van der Waals surface area contributed by atoms with E-state index in [2.05, 4.69) is 9.72 Å². The fourth-order valence-corrected chi connectivity index (χ4v) is 0.954. The van der Waals surface area contributed by atoms with Gasteiger partial charge in [0.05, 0.1) is 11.5 Å². The summed E-state index contributed by atoms with van der Waals surface area (Å²) in [5.74, 6) is -0.769. The molecule has 0 radical (unpaired) electrons. The molecule has 1 aromatic heterocycles. The zero-order chi connectivity index (χ0) is 12.1. The molecule has 0 amide bonds. The molecule has 0 fully saturated rings. The summed E-state index contributed by atoms with van der Waals surface area (Å²) in [6.45, 7) is -1.25. The van der Waals surface area contributed by atoms with Gasteiger partial charge in [0.15, 0.2) is 0 Å². The molecule has 1 aromatic rings. The maximum Gasteiger partial charge on any atom is 0.388 e. The van der Waals surface area contributed by atoms with Crippen molar-refractivity contribution in [3.63, 3.8) is 0 Å². The fraction of sp³-hybridized carbons (Fsp3) is 0.375. The van der Waals surface area contributed by atoms with Crippen molar-refractivity contribution in [1.29, 1.82) is 0 Å². The number of rotatable bonds is 5. The molecule has 0 unspecified atom stereocenters. The van der Waals surface area contributed by atoms with Gasteiger partial charge in [-0.2, -0.15) is 13.8 Å². The van der Waals surface area contributed by atoms with E-state index in [0.717, 1.165) is 6.07 Å². The third kappa shape index (κ3) is 3.01. The van der Waals surface area contributed by atoms with Gasteiger partial charge in [-0.1, -0.05) is 0 Å². The van der Waals surface area contributed by atoms with E-state index in [4.69, 9.17) is 4.74 Å². The Bertz CT molecular complexity index is 386. The van der Waals surface area contributed by atoms with Crippen LogP contribution in [0, 0.1) is 10.1 Å². The molecule has 1 heterocycles. The predicted molar refractivity (Wildman–Crippen MR) is 48.7 cm³/mol. The van der Waals surface area contributed by atoms with Crippen LogP contribution in [0.15, 0.2) is 12.1 Å². The lowest BCUT2D eigenvalue weighted by Crippen LogP contribution is -2.07. The number of hydrogen-bond donors (Lipinski definition) is 0. The summed E-state index contributed by atoms with van der Waals surface area (Å²) < 4.78 is 32.7. The quantitative estimate of drug-likeness (QED) is 0.575. The molecule has 0 aliphatic heterocycles. The molecular weight excluding hydrogens is 226 g/mol. The van der Waals surface area contributed by atoms with E-state index in [1.165, 1.54) is 6.07 Å². The smallest absolute Gasteiger partial charge is 0.388 e. The number of nitrogens with zero attached hydrogens (tertiary/aromatic N) is 2. The van der Waals surface area contributed by atoms with E-state index in [9.17, 15) is 18.9 Å². The van der Waals surface area contributed by atoms with Crippen LogP contribution in [-0.4, -0.2) is 23.1 Å². The molecule has 0 aliphatic carbocycles. The van der Waals surface area contributed by atoms with Gasteiger partial charge in [0.2, 0.25) is 5.88 Å². The van der Waals surface area contributed by atoms with Gasteiger partial charge < -0.3 is 9.47 Å². The molecule has 0 atom stereocenters. The van der Waals surface area contributed by atoms with Crippen molar-refractivity contribution in [2.75, 3.05) is 6.61 Å². The predicted octanol–water partition coefficient (Wildman–Crippen LogP) is 1.99. The van der Waals surface area contributed by atoms with Crippen molar-refractivity contribution in [3.05, 3.63) is 22.2 Å². The van der Waals surface area contributed by atoms with Crippen LogP contribution in [0.2, 0.25) is 0 Å². The average Bonchev–Trinajstić information content (AvgIpc) is 2.16. The molecule has 0 spiro atoms. The van der Waals surface area contributed by atoms with Crippen molar-refractivity contribution in [2.45, 2.75) is 13.5 Å². The van der Waals surface area contributed by atoms with Crippen molar-refractivity contribution < 1.29 is 23.2 Å². The van der Waals surface area contributed by atoms with Crippen LogP contribution in [0.3, 0.4) is 0 Å². The maximum atomic E-state index is 12.0. The third-order valence-electron chi connectivity index (χ3n) is 1.50. The number of pyridine rings is 1. The SMILES string of the molecule is CCOc1ccc([N+](=O)[O-])c(OC(F)F)n1. The second-order valence-corrected chi connectivity index (χ2v) is 2.54. The van der Waals surface area contributed by atoms with Gasteiger partial charge in [-0.05, 0) is 6.92 Å². The van der Waals surface area contributed by atoms with Crippen LogP contribution < -0.4 is 9.47 Å². The van der Waals surface area contributed by atoms with Gasteiger partial charge in [0, 0.05) is 12.1 Å². The Balaban J connectivity index is 3.05. The first-order valence-electron chi connectivity index (χ1n) is 4.27. The van der Waals surface area contributed by atoms with E-state index < -0.39 is 23.1 Å². The highest BCUT2D eigenvalue weighted by atomic mass is 19.3. The zero-order valence-corrected chi connectivity index (χ0v) is 8.22. The van der Waals surface area contributed by atoms with Gasteiger partial charge >= 0.3 is 18.2 Å². The fourth-order valence-electron chi connectivity index (χ4n) is 0.954. The van der Waals surface area contributed by atoms with Crippen molar-refractivity contribution in [1.82, 2.24) is 4.98 Å². The Morgan fingerprint density at radius 3 is 2.75 bits per heavy atom. The molecule has 0 aliphatic rings. The van der Waals surface area contributed by atoms with Gasteiger partial charge in [-0.15, -0.1) is 0 Å². The van der Waals surface area contributed by atoms with Crippen LogP contribution in [0.25, 0.3) is 0 Å². The minimum atomic E-state index is -3.18. The largest absolute Gasteiger partial charge is 0.478 e. The zero-order valence-electron chi connectivity index (χ0n) is 8.22. The molecule has 0 aromatic carbocycles. The summed E-state index contributed by atoms with van der Waals surface area (Å²) in [5, 5.41) is 10.5. The van der Waals surface area contributed by atoms with E-state index in [1.807, 2.05) is 0 Å². The lowest BCUT2D eigenvalue weighted by atomic mass is 10.4. The van der Waals surface area contributed by atoms with Crippen LogP contribution in [0.1, 0.15) is 6.92 Å². The first-order valence-corrected chi connectivity index (χ1v) is 4.27. The van der Waals surface area contributed by atoms with Crippen LogP contribution in [-0.2, 0) is 0 Å². The van der Waals surface area contributed by atoms with E-state index in [0.29, 0.717) is 0 Å². The maximum absolute atomic E-state index is 12.0. The van der Waals surface area contributed by atoms with E-state index in [1.54, 1.807) is 6.92 Å². The number of nitro groups is 1. The second kappa shape index (κ2) is 5.19. The third-order valence-corrected chi connectivity index (χ3v) is 1.50. The van der Waals surface area contributed by atoms with Crippen molar-refractivity contribution >= 4 is 5.69 Å². The minimum Gasteiger partial charge on any atom is -0.478 e. The summed E-state index contributed by atoms with van der Waals surface area (Å²) in [7, 11) is 0.